The SMILES string of the molecule is C[C@H]1CCCCN1C(=O)Cn1cc(/C=C2\SC(=S)N(Cc3ccco3)C2=O)c2ccccc21. The molecule has 2 aliphatic rings. The highest BCUT2D eigenvalue weighted by atomic mass is 32.2. The molecule has 170 valence electrons. The van der Waals surface area contributed by atoms with E-state index in [1.54, 1.807) is 17.2 Å². The monoisotopic (exact) mass is 479 g/mol. The number of amides is 2. The Bertz CT molecular complexity index is 1250. The Morgan fingerprint density at radius 1 is 1.24 bits per heavy atom. The Hall–Kier alpha value is -2.84. The first kappa shape index (κ1) is 22.0. The lowest BCUT2D eigenvalue weighted by molar-refractivity contribution is -0.135. The molecule has 2 aromatic heterocycles. The highest BCUT2D eigenvalue weighted by molar-refractivity contribution is 8.26. The summed E-state index contributed by atoms with van der Waals surface area (Å²) < 4.78 is 7.89. The van der Waals surface area contributed by atoms with Crippen molar-refractivity contribution in [3.05, 3.63) is 65.1 Å². The molecule has 1 atom stereocenters. The standard InChI is InChI=1S/C25H25N3O3S2/c1-17-7-4-5-11-27(17)23(29)16-26-14-18(20-9-2-3-10-21(20)26)13-22-24(30)28(25(32)33-22)15-19-8-6-12-31-19/h2-3,6,8-10,12-14,17H,4-5,7,11,15-16H2,1H3/b22-13-/t17-/m0/s1. The molecule has 5 rings (SSSR count). The van der Waals surface area contributed by atoms with Gasteiger partial charge in [0.25, 0.3) is 5.91 Å². The van der Waals surface area contributed by atoms with Crippen molar-refractivity contribution in [3.8, 4) is 0 Å². The molecule has 2 amide bonds. The van der Waals surface area contributed by atoms with Crippen LogP contribution in [-0.4, -0.2) is 43.1 Å². The molecule has 0 aliphatic carbocycles. The van der Waals surface area contributed by atoms with Crippen LogP contribution in [0.4, 0.5) is 0 Å². The van der Waals surface area contributed by atoms with E-state index in [2.05, 4.69) is 6.92 Å². The van der Waals surface area contributed by atoms with E-state index in [1.165, 1.54) is 18.2 Å². The summed E-state index contributed by atoms with van der Waals surface area (Å²) in [6, 6.07) is 11.9. The average molecular weight is 480 g/mol. The van der Waals surface area contributed by atoms with Crippen molar-refractivity contribution in [2.24, 2.45) is 0 Å². The number of likely N-dealkylation sites (tertiary alicyclic amines) is 1. The maximum absolute atomic E-state index is 13.1. The van der Waals surface area contributed by atoms with E-state index < -0.39 is 0 Å². The molecule has 0 spiro atoms. The van der Waals surface area contributed by atoms with Gasteiger partial charge in [-0.25, -0.2) is 0 Å². The van der Waals surface area contributed by atoms with Gasteiger partial charge in [-0.1, -0.05) is 42.2 Å². The number of furan rings is 1. The average Bonchev–Trinajstić information content (AvgIpc) is 3.51. The van der Waals surface area contributed by atoms with Crippen LogP contribution in [0.5, 0.6) is 0 Å². The maximum Gasteiger partial charge on any atom is 0.266 e. The molecule has 0 saturated carbocycles. The van der Waals surface area contributed by atoms with Crippen LogP contribution in [0, 0.1) is 0 Å². The molecule has 4 heterocycles. The Labute approximate surface area is 202 Å². The topological polar surface area (TPSA) is 58.7 Å². The number of thioether (sulfide) groups is 1. The molecule has 33 heavy (non-hydrogen) atoms. The fourth-order valence-electron chi connectivity index (χ4n) is 4.56. The number of benzene rings is 1. The summed E-state index contributed by atoms with van der Waals surface area (Å²) in [6.45, 7) is 3.56. The highest BCUT2D eigenvalue weighted by Crippen LogP contribution is 2.35. The number of piperidine rings is 1. The number of hydrogen-bond acceptors (Lipinski definition) is 5. The summed E-state index contributed by atoms with van der Waals surface area (Å²) in [7, 11) is 0. The van der Waals surface area contributed by atoms with Crippen LogP contribution in [0.1, 0.15) is 37.5 Å². The van der Waals surface area contributed by atoms with Gasteiger partial charge >= 0.3 is 0 Å². The zero-order chi connectivity index (χ0) is 22.9. The summed E-state index contributed by atoms with van der Waals surface area (Å²) in [5.74, 6) is 0.699. The quantitative estimate of drug-likeness (QED) is 0.379. The number of rotatable bonds is 5. The third-order valence-electron chi connectivity index (χ3n) is 6.30. The highest BCUT2D eigenvalue weighted by Gasteiger charge is 2.33. The zero-order valence-electron chi connectivity index (χ0n) is 18.4. The van der Waals surface area contributed by atoms with Crippen LogP contribution in [0.15, 0.2) is 58.2 Å². The molecule has 2 fully saturated rings. The molecule has 1 aromatic carbocycles. The third-order valence-corrected chi connectivity index (χ3v) is 7.68. The van der Waals surface area contributed by atoms with Crippen molar-refractivity contribution < 1.29 is 14.0 Å². The van der Waals surface area contributed by atoms with Gasteiger partial charge in [0.1, 0.15) is 16.6 Å². The summed E-state index contributed by atoms with van der Waals surface area (Å²) in [5.41, 5.74) is 1.89. The van der Waals surface area contributed by atoms with E-state index in [0.717, 1.165) is 35.9 Å². The normalized spacial score (nSPS) is 20.4. The predicted octanol–water partition coefficient (Wildman–Crippen LogP) is 5.04. The molecule has 2 saturated heterocycles. The number of carbonyl (C=O) groups excluding carboxylic acids is 2. The van der Waals surface area contributed by atoms with Gasteiger partial charge in [0.2, 0.25) is 5.91 Å². The molecule has 6 nitrogen and oxygen atoms in total. The number of hydrogen-bond donors (Lipinski definition) is 0. The van der Waals surface area contributed by atoms with Gasteiger partial charge in [-0.3, -0.25) is 14.5 Å². The minimum Gasteiger partial charge on any atom is -0.467 e. The number of fused-ring (bicyclic) bond motifs is 1. The number of aromatic nitrogens is 1. The van der Waals surface area contributed by atoms with Crippen LogP contribution in [0.3, 0.4) is 0 Å². The van der Waals surface area contributed by atoms with Crippen molar-refractivity contribution in [2.75, 3.05) is 6.54 Å². The van der Waals surface area contributed by atoms with E-state index in [1.807, 2.05) is 52.1 Å². The zero-order valence-corrected chi connectivity index (χ0v) is 20.0. The lowest BCUT2D eigenvalue weighted by Crippen LogP contribution is -2.43. The van der Waals surface area contributed by atoms with Gasteiger partial charge in [0, 0.05) is 35.2 Å². The molecule has 0 bridgehead atoms. The first-order chi connectivity index (χ1) is 16.0. The van der Waals surface area contributed by atoms with Gasteiger partial charge in [-0.2, -0.15) is 0 Å². The lowest BCUT2D eigenvalue weighted by Gasteiger charge is -2.33. The third kappa shape index (κ3) is 4.37. The second-order valence-corrected chi connectivity index (χ2v) is 10.2. The summed E-state index contributed by atoms with van der Waals surface area (Å²) in [5, 5.41) is 1.01. The van der Waals surface area contributed by atoms with E-state index >= 15 is 0 Å². The number of para-hydroxylation sites is 1. The molecular weight excluding hydrogens is 454 g/mol. The molecule has 0 N–H and O–H groups in total. The van der Waals surface area contributed by atoms with Crippen LogP contribution < -0.4 is 0 Å². The minimum absolute atomic E-state index is 0.128. The van der Waals surface area contributed by atoms with Crippen molar-refractivity contribution >= 4 is 57.1 Å². The van der Waals surface area contributed by atoms with Crippen LogP contribution in [0.25, 0.3) is 17.0 Å². The van der Waals surface area contributed by atoms with Gasteiger partial charge in [-0.15, -0.1) is 0 Å². The first-order valence-corrected chi connectivity index (χ1v) is 12.4. The van der Waals surface area contributed by atoms with Gasteiger partial charge in [0.05, 0.1) is 17.7 Å². The number of thiocarbonyl (C=S) groups is 1. The number of nitrogens with zero attached hydrogens (tertiary/aromatic N) is 3. The second kappa shape index (κ2) is 9.19. The number of carbonyl (C=O) groups is 2. The van der Waals surface area contributed by atoms with Crippen molar-refractivity contribution in [1.82, 2.24) is 14.4 Å². The Morgan fingerprint density at radius 3 is 2.88 bits per heavy atom. The smallest absolute Gasteiger partial charge is 0.266 e. The van der Waals surface area contributed by atoms with Crippen molar-refractivity contribution in [1.29, 1.82) is 0 Å². The Morgan fingerprint density at radius 2 is 2.09 bits per heavy atom. The molecule has 0 radical (unpaired) electrons. The van der Waals surface area contributed by atoms with E-state index in [-0.39, 0.29) is 24.4 Å². The minimum atomic E-state index is -0.128. The first-order valence-electron chi connectivity index (χ1n) is 11.2. The van der Waals surface area contributed by atoms with Crippen LogP contribution >= 0.6 is 24.0 Å². The lowest BCUT2D eigenvalue weighted by atomic mass is 10.0. The van der Waals surface area contributed by atoms with Gasteiger partial charge in [0.15, 0.2) is 0 Å². The second-order valence-electron chi connectivity index (χ2n) is 8.51. The van der Waals surface area contributed by atoms with Crippen LogP contribution in [-0.2, 0) is 22.7 Å². The molecule has 0 unspecified atom stereocenters. The maximum atomic E-state index is 13.1. The van der Waals surface area contributed by atoms with Crippen LogP contribution in [0.2, 0.25) is 0 Å². The Kier molecular flexibility index (Phi) is 6.12. The summed E-state index contributed by atoms with van der Waals surface area (Å²) in [4.78, 5) is 30.2. The van der Waals surface area contributed by atoms with E-state index in [9.17, 15) is 9.59 Å². The Balaban J connectivity index is 1.42. The largest absolute Gasteiger partial charge is 0.467 e. The van der Waals surface area contributed by atoms with E-state index in [0.29, 0.717) is 21.5 Å². The fraction of sp³-hybridized carbons (Fsp3) is 0.320. The molecule has 8 heteroatoms. The molecular formula is C25H25N3O3S2. The van der Waals surface area contributed by atoms with E-state index in [4.69, 9.17) is 16.6 Å². The fourth-order valence-corrected chi connectivity index (χ4v) is 5.81. The van der Waals surface area contributed by atoms with Crippen molar-refractivity contribution in [3.63, 3.8) is 0 Å². The molecule has 3 aromatic rings. The van der Waals surface area contributed by atoms with Gasteiger partial charge in [-0.05, 0) is 50.5 Å². The summed E-state index contributed by atoms with van der Waals surface area (Å²) >= 11 is 6.75. The van der Waals surface area contributed by atoms with Gasteiger partial charge < -0.3 is 13.9 Å². The molecule has 2 aliphatic heterocycles. The van der Waals surface area contributed by atoms with Crippen molar-refractivity contribution in [2.45, 2.75) is 45.3 Å². The summed E-state index contributed by atoms with van der Waals surface area (Å²) in [6.07, 6.45) is 8.74. The predicted molar refractivity (Wildman–Crippen MR) is 134 cm³/mol.